The lowest BCUT2D eigenvalue weighted by Crippen LogP contribution is -2.27. The second-order valence-corrected chi connectivity index (χ2v) is 6.06. The van der Waals surface area contributed by atoms with Gasteiger partial charge in [0.25, 0.3) is 10.0 Å². The predicted molar refractivity (Wildman–Crippen MR) is 73.3 cm³/mol. The quantitative estimate of drug-likeness (QED) is 0.778. The van der Waals surface area contributed by atoms with Crippen molar-refractivity contribution in [1.29, 1.82) is 0 Å². The maximum atomic E-state index is 12.0. The lowest BCUT2D eigenvalue weighted by Gasteiger charge is -2.06. The zero-order valence-corrected chi connectivity index (χ0v) is 12.0. The number of benzene rings is 1. The van der Waals surface area contributed by atoms with Crippen LogP contribution < -0.4 is 4.72 Å². The summed E-state index contributed by atoms with van der Waals surface area (Å²) in [6.07, 6.45) is 1.54. The Balaban J connectivity index is 2.00. The first-order chi connectivity index (χ1) is 9.90. The number of hydrogen-bond donors (Lipinski definition) is 2. The maximum absolute atomic E-state index is 12.0. The Labute approximate surface area is 121 Å². The molecule has 1 heterocycles. The Morgan fingerprint density at radius 1 is 1.43 bits per heavy atom. The van der Waals surface area contributed by atoms with E-state index in [1.807, 2.05) is 0 Å². The largest absolute Gasteiger partial charge is 0.478 e. The Morgan fingerprint density at radius 2 is 2.19 bits per heavy atom. The molecule has 0 fully saturated rings. The highest BCUT2D eigenvalue weighted by Gasteiger charge is 2.18. The van der Waals surface area contributed by atoms with Gasteiger partial charge in [-0.1, -0.05) is 17.3 Å². The van der Waals surface area contributed by atoms with Gasteiger partial charge in [-0.05, 0) is 24.1 Å². The molecule has 8 nitrogen and oxygen atoms in total. The van der Waals surface area contributed by atoms with E-state index >= 15 is 0 Å². The summed E-state index contributed by atoms with van der Waals surface area (Å²) in [5.41, 5.74) is 0.909. The van der Waals surface area contributed by atoms with Crippen LogP contribution in [0.2, 0.25) is 0 Å². The summed E-state index contributed by atoms with van der Waals surface area (Å²) in [5, 5.41) is 15.9. The van der Waals surface area contributed by atoms with Crippen molar-refractivity contribution >= 4 is 16.0 Å². The van der Waals surface area contributed by atoms with Gasteiger partial charge in [0.05, 0.1) is 11.8 Å². The van der Waals surface area contributed by atoms with Crippen LogP contribution in [0.4, 0.5) is 0 Å². The normalized spacial score (nSPS) is 11.5. The fourth-order valence-corrected chi connectivity index (χ4v) is 2.88. The molecule has 0 unspecified atom stereocenters. The molecule has 2 rings (SSSR count). The van der Waals surface area contributed by atoms with Crippen LogP contribution in [-0.4, -0.2) is 41.0 Å². The zero-order valence-electron chi connectivity index (χ0n) is 11.2. The molecule has 0 amide bonds. The van der Waals surface area contributed by atoms with Crippen LogP contribution in [0, 0.1) is 0 Å². The van der Waals surface area contributed by atoms with E-state index in [0.717, 1.165) is 16.4 Å². The van der Waals surface area contributed by atoms with Crippen molar-refractivity contribution in [3.05, 3.63) is 41.6 Å². The van der Waals surface area contributed by atoms with Crippen LogP contribution in [0.25, 0.3) is 0 Å². The molecular weight excluding hydrogens is 296 g/mol. The average Bonchev–Trinajstić information content (AvgIpc) is 2.86. The topological polar surface area (TPSA) is 114 Å². The molecule has 0 atom stereocenters. The summed E-state index contributed by atoms with van der Waals surface area (Å²) in [6.45, 7) is 0.149. The number of carboxylic acids is 1. The van der Waals surface area contributed by atoms with Crippen LogP contribution in [0.15, 0.2) is 35.5 Å². The Bertz CT molecular complexity index is 754. The molecule has 0 bridgehead atoms. The lowest BCUT2D eigenvalue weighted by atomic mass is 10.1. The average molecular weight is 310 g/mol. The highest BCUT2D eigenvalue weighted by atomic mass is 32.2. The van der Waals surface area contributed by atoms with Gasteiger partial charge in [-0.2, -0.15) is 0 Å². The van der Waals surface area contributed by atoms with Gasteiger partial charge in [-0.3, -0.25) is 0 Å². The fourth-order valence-electron chi connectivity index (χ4n) is 1.79. The minimum absolute atomic E-state index is 0.0261. The van der Waals surface area contributed by atoms with Gasteiger partial charge in [0.2, 0.25) is 0 Å². The first-order valence-corrected chi connectivity index (χ1v) is 7.55. The van der Waals surface area contributed by atoms with Crippen molar-refractivity contribution in [2.75, 3.05) is 6.54 Å². The van der Waals surface area contributed by atoms with Crippen LogP contribution in [0.1, 0.15) is 15.9 Å². The second kappa shape index (κ2) is 6.02. The van der Waals surface area contributed by atoms with E-state index in [2.05, 4.69) is 15.0 Å². The third-order valence-electron chi connectivity index (χ3n) is 2.83. The molecule has 0 saturated heterocycles. The second-order valence-electron chi connectivity index (χ2n) is 4.35. The molecule has 1 aromatic carbocycles. The Hall–Kier alpha value is -2.26. The third kappa shape index (κ3) is 3.64. The maximum Gasteiger partial charge on any atom is 0.335 e. The predicted octanol–water partition coefficient (Wildman–Crippen LogP) is 0.0343. The molecule has 2 N–H and O–H groups in total. The SMILES string of the molecule is Cn1nncc1S(=O)(=O)NCCc1cccc(C(=O)O)c1. The third-order valence-corrected chi connectivity index (χ3v) is 4.33. The monoisotopic (exact) mass is 310 g/mol. The Morgan fingerprint density at radius 3 is 2.81 bits per heavy atom. The van der Waals surface area contributed by atoms with Crippen molar-refractivity contribution in [3.63, 3.8) is 0 Å². The molecule has 21 heavy (non-hydrogen) atoms. The number of carboxylic acid groups (broad SMARTS) is 1. The number of aromatic nitrogens is 3. The van der Waals surface area contributed by atoms with Gasteiger partial charge >= 0.3 is 5.97 Å². The van der Waals surface area contributed by atoms with Crippen molar-refractivity contribution in [1.82, 2.24) is 19.7 Å². The fraction of sp³-hybridized carbons (Fsp3) is 0.250. The molecule has 0 spiro atoms. The van der Waals surface area contributed by atoms with E-state index < -0.39 is 16.0 Å². The molecule has 112 valence electrons. The Kier molecular flexibility index (Phi) is 4.34. The molecule has 0 aliphatic rings. The number of sulfonamides is 1. The number of aromatic carboxylic acids is 1. The van der Waals surface area contributed by atoms with Gasteiger partial charge in [0.1, 0.15) is 0 Å². The first kappa shape index (κ1) is 15.1. The molecule has 0 aliphatic heterocycles. The minimum Gasteiger partial charge on any atom is -0.478 e. The van der Waals surface area contributed by atoms with Gasteiger partial charge in [-0.15, -0.1) is 5.10 Å². The zero-order chi connectivity index (χ0) is 15.5. The molecular formula is C12H14N4O4S. The van der Waals surface area contributed by atoms with Crippen molar-refractivity contribution in [2.45, 2.75) is 11.4 Å². The molecule has 0 radical (unpaired) electrons. The minimum atomic E-state index is -3.67. The molecule has 0 saturated carbocycles. The van der Waals surface area contributed by atoms with Gasteiger partial charge in [0.15, 0.2) is 5.03 Å². The number of nitrogens with zero attached hydrogens (tertiary/aromatic N) is 3. The summed E-state index contributed by atoms with van der Waals surface area (Å²) in [6, 6.07) is 6.37. The summed E-state index contributed by atoms with van der Waals surface area (Å²) in [4.78, 5) is 10.9. The summed E-state index contributed by atoms with van der Waals surface area (Å²) < 4.78 is 27.5. The number of aryl methyl sites for hydroxylation is 1. The van der Waals surface area contributed by atoms with Crippen molar-refractivity contribution < 1.29 is 18.3 Å². The number of carbonyl (C=O) groups is 1. The highest BCUT2D eigenvalue weighted by molar-refractivity contribution is 7.89. The van der Waals surface area contributed by atoms with E-state index in [1.54, 1.807) is 12.1 Å². The van der Waals surface area contributed by atoms with E-state index in [9.17, 15) is 13.2 Å². The van der Waals surface area contributed by atoms with Gasteiger partial charge < -0.3 is 5.11 Å². The van der Waals surface area contributed by atoms with E-state index in [4.69, 9.17) is 5.11 Å². The number of nitrogens with one attached hydrogen (secondary N) is 1. The summed E-state index contributed by atoms with van der Waals surface area (Å²) in [7, 11) is -2.19. The smallest absolute Gasteiger partial charge is 0.335 e. The molecule has 1 aromatic heterocycles. The lowest BCUT2D eigenvalue weighted by molar-refractivity contribution is 0.0696. The number of rotatable bonds is 6. The molecule has 9 heteroatoms. The van der Waals surface area contributed by atoms with Crippen LogP contribution >= 0.6 is 0 Å². The van der Waals surface area contributed by atoms with E-state index in [0.29, 0.717) is 6.42 Å². The summed E-state index contributed by atoms with van der Waals surface area (Å²) in [5.74, 6) is -1.02. The molecule has 2 aromatic rings. The van der Waals surface area contributed by atoms with Crippen molar-refractivity contribution in [2.24, 2.45) is 7.05 Å². The van der Waals surface area contributed by atoms with Crippen LogP contribution in [0.5, 0.6) is 0 Å². The van der Waals surface area contributed by atoms with Crippen LogP contribution in [0.3, 0.4) is 0 Å². The van der Waals surface area contributed by atoms with Gasteiger partial charge in [-0.25, -0.2) is 22.6 Å². The van der Waals surface area contributed by atoms with Crippen molar-refractivity contribution in [3.8, 4) is 0 Å². The highest BCUT2D eigenvalue weighted by Crippen LogP contribution is 2.07. The van der Waals surface area contributed by atoms with Crippen LogP contribution in [-0.2, 0) is 23.5 Å². The first-order valence-electron chi connectivity index (χ1n) is 6.07. The number of hydrogen-bond acceptors (Lipinski definition) is 5. The van der Waals surface area contributed by atoms with E-state index in [1.165, 1.54) is 19.2 Å². The standard InChI is InChI=1S/C12H14N4O4S/c1-16-11(8-13-15-16)21(19,20)14-6-5-9-3-2-4-10(7-9)12(17)18/h2-4,7-8,14H,5-6H2,1H3,(H,17,18). The van der Waals surface area contributed by atoms with E-state index in [-0.39, 0.29) is 17.1 Å². The molecule has 0 aliphatic carbocycles. The van der Waals surface area contributed by atoms with Gasteiger partial charge in [0, 0.05) is 13.6 Å². The summed E-state index contributed by atoms with van der Waals surface area (Å²) >= 11 is 0.